The van der Waals surface area contributed by atoms with Crippen molar-refractivity contribution in [3.63, 3.8) is 0 Å². The van der Waals surface area contributed by atoms with E-state index >= 15 is 0 Å². The molecular formula is C57H51N3O. The monoisotopic (exact) mass is 793 g/mol. The van der Waals surface area contributed by atoms with Gasteiger partial charge < -0.3 is 19.1 Å². The van der Waals surface area contributed by atoms with Crippen LogP contribution in [0.2, 0.25) is 0 Å². The minimum Gasteiger partial charge on any atom is -0.457 e. The number of rotatable bonds is 7. The molecule has 8 aromatic carbocycles. The Morgan fingerprint density at radius 3 is 1.66 bits per heavy atom. The van der Waals surface area contributed by atoms with Crippen molar-refractivity contribution in [1.82, 2.24) is 4.57 Å². The predicted molar refractivity (Wildman–Crippen MR) is 258 cm³/mol. The molecule has 0 saturated heterocycles. The van der Waals surface area contributed by atoms with Gasteiger partial charge in [-0.3, -0.25) is 0 Å². The third kappa shape index (κ3) is 7.02. The molecule has 0 amide bonds. The van der Waals surface area contributed by atoms with Gasteiger partial charge in [0.2, 0.25) is 0 Å². The van der Waals surface area contributed by atoms with Crippen molar-refractivity contribution in [2.45, 2.75) is 52.4 Å². The molecule has 0 spiro atoms. The Bertz CT molecular complexity index is 3000. The van der Waals surface area contributed by atoms with Crippen molar-refractivity contribution in [3.8, 4) is 39.4 Å². The van der Waals surface area contributed by atoms with Crippen LogP contribution in [0.4, 0.5) is 22.7 Å². The van der Waals surface area contributed by atoms with E-state index in [2.05, 4.69) is 244 Å². The van der Waals surface area contributed by atoms with Crippen molar-refractivity contribution < 1.29 is 4.74 Å². The molecule has 1 aromatic heterocycles. The van der Waals surface area contributed by atoms with Gasteiger partial charge in [0.05, 0.1) is 28.1 Å². The lowest BCUT2D eigenvalue weighted by atomic mass is 9.86. The molecule has 0 radical (unpaired) electrons. The Morgan fingerprint density at radius 2 is 0.984 bits per heavy atom. The normalized spacial score (nSPS) is 13.0. The number of para-hydroxylation sites is 4. The maximum Gasteiger partial charge on any atom is 0.129 e. The molecule has 0 fully saturated rings. The highest BCUT2D eigenvalue weighted by molar-refractivity contribution is 6.09. The topological polar surface area (TPSA) is 20.6 Å². The second-order valence-corrected chi connectivity index (χ2v) is 18.3. The third-order valence-corrected chi connectivity index (χ3v) is 12.1. The highest BCUT2D eigenvalue weighted by Gasteiger charge is 2.32. The first-order chi connectivity index (χ1) is 29.5. The van der Waals surface area contributed by atoms with Crippen LogP contribution in [0.5, 0.6) is 11.5 Å². The summed E-state index contributed by atoms with van der Waals surface area (Å²) in [7, 11) is 0. The minimum absolute atomic E-state index is 0.0289. The molecule has 300 valence electrons. The van der Waals surface area contributed by atoms with Gasteiger partial charge in [-0.25, -0.2) is 0 Å². The Morgan fingerprint density at radius 1 is 0.410 bits per heavy atom. The molecular weight excluding hydrogens is 743 g/mol. The zero-order valence-corrected chi connectivity index (χ0v) is 35.9. The maximum atomic E-state index is 6.99. The lowest BCUT2D eigenvalue weighted by Gasteiger charge is -2.28. The zero-order chi connectivity index (χ0) is 41.9. The largest absolute Gasteiger partial charge is 0.457 e. The van der Waals surface area contributed by atoms with Crippen LogP contribution in [0, 0.1) is 0 Å². The summed E-state index contributed by atoms with van der Waals surface area (Å²) in [4.78, 5) is 4.93. The van der Waals surface area contributed by atoms with Gasteiger partial charge in [0, 0.05) is 45.4 Å². The van der Waals surface area contributed by atoms with Crippen LogP contribution in [-0.4, -0.2) is 11.2 Å². The molecule has 0 saturated carbocycles. The SMILES string of the molecule is CC(C)(C)c1cc(Oc2ccc3c4ccccc4n(-c4cccc(C(C)(C)C)c4)c3c2)cc(N2CN(c3c(-c4ccccc4)cccc3-c3ccccc3)c3ccccc32)c1. The number of aromatic nitrogens is 1. The first-order valence-electron chi connectivity index (χ1n) is 21.4. The van der Waals surface area contributed by atoms with Gasteiger partial charge in [-0.2, -0.15) is 0 Å². The fourth-order valence-electron chi connectivity index (χ4n) is 8.93. The maximum absolute atomic E-state index is 6.99. The van der Waals surface area contributed by atoms with Crippen LogP contribution >= 0.6 is 0 Å². The molecule has 0 bridgehead atoms. The summed E-state index contributed by atoms with van der Waals surface area (Å²) in [6, 6.07) is 68.0. The number of benzene rings is 8. The van der Waals surface area contributed by atoms with E-state index in [9.17, 15) is 0 Å². The van der Waals surface area contributed by atoms with E-state index in [1.807, 2.05) is 0 Å². The van der Waals surface area contributed by atoms with Crippen LogP contribution in [-0.2, 0) is 10.8 Å². The Hall–Kier alpha value is -7.04. The van der Waals surface area contributed by atoms with E-state index in [4.69, 9.17) is 4.74 Å². The van der Waals surface area contributed by atoms with Crippen LogP contribution in [0.25, 0.3) is 49.7 Å². The Kier molecular flexibility index (Phi) is 9.33. The summed E-state index contributed by atoms with van der Waals surface area (Å²) in [6.45, 7) is 14.3. The van der Waals surface area contributed by atoms with Crippen molar-refractivity contribution in [2.24, 2.45) is 0 Å². The van der Waals surface area contributed by atoms with Crippen molar-refractivity contribution in [2.75, 3.05) is 16.5 Å². The van der Waals surface area contributed by atoms with E-state index in [0.717, 1.165) is 34.1 Å². The lowest BCUT2D eigenvalue weighted by molar-refractivity contribution is 0.479. The van der Waals surface area contributed by atoms with E-state index in [1.165, 1.54) is 61.0 Å². The van der Waals surface area contributed by atoms with Crippen molar-refractivity contribution in [1.29, 1.82) is 0 Å². The predicted octanol–water partition coefficient (Wildman–Crippen LogP) is 15.8. The fraction of sp³-hybridized carbons (Fsp3) is 0.158. The van der Waals surface area contributed by atoms with Crippen LogP contribution in [0.3, 0.4) is 0 Å². The molecule has 0 aliphatic carbocycles. The molecule has 61 heavy (non-hydrogen) atoms. The summed E-state index contributed by atoms with van der Waals surface area (Å²) < 4.78 is 9.37. The average Bonchev–Trinajstić information content (AvgIpc) is 3.82. The lowest BCUT2D eigenvalue weighted by Crippen LogP contribution is -2.25. The van der Waals surface area contributed by atoms with Gasteiger partial charge >= 0.3 is 0 Å². The van der Waals surface area contributed by atoms with Gasteiger partial charge in [0.15, 0.2) is 0 Å². The molecule has 10 rings (SSSR count). The molecule has 4 heteroatoms. The number of nitrogens with zero attached hydrogens (tertiary/aromatic N) is 3. The number of ether oxygens (including phenoxy) is 1. The average molecular weight is 794 g/mol. The Labute approximate surface area is 359 Å². The van der Waals surface area contributed by atoms with E-state index < -0.39 is 0 Å². The number of hydrogen-bond donors (Lipinski definition) is 0. The summed E-state index contributed by atoms with van der Waals surface area (Å²) in [6.07, 6.45) is 0. The highest BCUT2D eigenvalue weighted by Crippen LogP contribution is 2.51. The van der Waals surface area contributed by atoms with Crippen molar-refractivity contribution >= 4 is 44.6 Å². The summed E-state index contributed by atoms with van der Waals surface area (Å²) in [5, 5.41) is 2.43. The molecule has 2 heterocycles. The second kappa shape index (κ2) is 14.9. The highest BCUT2D eigenvalue weighted by atomic mass is 16.5. The molecule has 0 N–H and O–H groups in total. The first kappa shape index (κ1) is 38.2. The van der Waals surface area contributed by atoms with Gasteiger partial charge in [-0.1, -0.05) is 163 Å². The van der Waals surface area contributed by atoms with Gasteiger partial charge in [-0.05, 0) is 87.7 Å². The summed E-state index contributed by atoms with van der Waals surface area (Å²) >= 11 is 0. The Balaban J connectivity index is 1.09. The summed E-state index contributed by atoms with van der Waals surface area (Å²) in [5.74, 6) is 1.61. The van der Waals surface area contributed by atoms with Gasteiger partial charge in [-0.15, -0.1) is 0 Å². The second-order valence-electron chi connectivity index (χ2n) is 18.3. The molecule has 1 aliphatic rings. The standard InChI is InChI=1S/C57H51N3O/c1-56(2,3)41-23-17-24-43(33-41)60-51-28-14-13-25-49(51)50-32-31-45(37-54(50)60)61-46-35-42(57(4,5)6)34-44(36-46)58-38-59(53-30-16-15-29-52(53)58)55-47(39-19-9-7-10-20-39)26-18-27-48(55)40-21-11-8-12-22-40/h7-37H,38H2,1-6H3. The van der Waals surface area contributed by atoms with Crippen LogP contribution < -0.4 is 14.5 Å². The quantitative estimate of drug-likeness (QED) is 0.160. The van der Waals surface area contributed by atoms with E-state index in [-0.39, 0.29) is 10.8 Å². The molecule has 1 aliphatic heterocycles. The molecule has 0 atom stereocenters. The number of anilines is 4. The zero-order valence-electron chi connectivity index (χ0n) is 35.9. The number of hydrogen-bond acceptors (Lipinski definition) is 3. The smallest absolute Gasteiger partial charge is 0.129 e. The number of fused-ring (bicyclic) bond motifs is 4. The van der Waals surface area contributed by atoms with Crippen LogP contribution in [0.1, 0.15) is 52.7 Å². The van der Waals surface area contributed by atoms with Crippen molar-refractivity contribution in [3.05, 3.63) is 199 Å². The molecule has 9 aromatic rings. The molecule has 0 unspecified atom stereocenters. The van der Waals surface area contributed by atoms with Gasteiger partial charge in [0.25, 0.3) is 0 Å². The fourth-order valence-corrected chi connectivity index (χ4v) is 8.93. The third-order valence-electron chi connectivity index (χ3n) is 12.1. The van der Waals surface area contributed by atoms with E-state index in [1.54, 1.807) is 0 Å². The van der Waals surface area contributed by atoms with Crippen LogP contribution in [0.15, 0.2) is 188 Å². The molecule has 4 nitrogen and oxygen atoms in total. The first-order valence-corrected chi connectivity index (χ1v) is 21.4. The minimum atomic E-state index is -0.123. The summed E-state index contributed by atoms with van der Waals surface area (Å²) in [5.41, 5.74) is 15.2. The van der Waals surface area contributed by atoms with E-state index in [0.29, 0.717) is 6.67 Å². The van der Waals surface area contributed by atoms with Gasteiger partial charge in [0.1, 0.15) is 18.2 Å².